The smallest absolute Gasteiger partial charge is 0.223 e. The lowest BCUT2D eigenvalue weighted by Gasteiger charge is -2.12. The highest BCUT2D eigenvalue weighted by atomic mass is 32.2. The molecule has 1 N–H and O–H groups in total. The molecule has 56 valence electrons. The zero-order valence-corrected chi connectivity index (χ0v) is 6.70. The molecule has 0 aliphatic carbocycles. The number of sulfonamides is 1. The topological polar surface area (TPSA) is 49.4 Å². The van der Waals surface area contributed by atoms with Gasteiger partial charge in [-0.25, -0.2) is 13.8 Å². The minimum atomic E-state index is -3.04. The molecule has 0 rings (SSSR count). The van der Waals surface area contributed by atoms with E-state index in [1.807, 2.05) is 6.92 Å². The van der Waals surface area contributed by atoms with Crippen LogP contribution in [0.25, 0.3) is 0 Å². The van der Waals surface area contributed by atoms with Gasteiger partial charge >= 0.3 is 0 Å². The van der Waals surface area contributed by atoms with Crippen LogP contribution in [0.1, 0.15) is 6.92 Å². The van der Waals surface area contributed by atoms with Gasteiger partial charge in [-0.2, -0.15) is 0 Å². The SMILES string of the molecule is CCNN(C)S(C)(=O)=O. The number of rotatable bonds is 3. The van der Waals surface area contributed by atoms with Gasteiger partial charge in [-0.05, 0) is 0 Å². The summed E-state index contributed by atoms with van der Waals surface area (Å²) < 4.78 is 22.3. The van der Waals surface area contributed by atoms with Gasteiger partial charge in [-0.1, -0.05) is 6.92 Å². The summed E-state index contributed by atoms with van der Waals surface area (Å²) in [5.41, 5.74) is 2.63. The molecule has 4 nitrogen and oxygen atoms in total. The molecule has 0 aromatic rings. The highest BCUT2D eigenvalue weighted by Gasteiger charge is 2.06. The Morgan fingerprint density at radius 1 is 1.56 bits per heavy atom. The minimum absolute atomic E-state index is 0.615. The number of hydrogen-bond donors (Lipinski definition) is 1. The van der Waals surface area contributed by atoms with Crippen LogP contribution in [0.5, 0.6) is 0 Å². The molecule has 0 aromatic carbocycles. The predicted octanol–water partition coefficient (Wildman–Crippen LogP) is -0.598. The lowest BCUT2D eigenvalue weighted by Crippen LogP contribution is -2.38. The standard InChI is InChI=1S/C4H12N2O2S/c1-4-5-6(2)9(3,7)8/h5H,4H2,1-3H3. The molecule has 9 heavy (non-hydrogen) atoms. The molecular formula is C4H12N2O2S. The summed E-state index contributed by atoms with van der Waals surface area (Å²) in [6.07, 6.45) is 1.15. The highest BCUT2D eigenvalue weighted by Crippen LogP contribution is 1.84. The van der Waals surface area contributed by atoms with Crippen molar-refractivity contribution in [1.29, 1.82) is 0 Å². The Bertz CT molecular complexity index is 163. The predicted molar refractivity (Wildman–Crippen MR) is 36.3 cm³/mol. The molecule has 0 aliphatic heterocycles. The van der Waals surface area contributed by atoms with Gasteiger partial charge in [-0.3, -0.25) is 0 Å². The van der Waals surface area contributed by atoms with Crippen LogP contribution >= 0.6 is 0 Å². The third kappa shape index (κ3) is 3.45. The third-order valence-electron chi connectivity index (χ3n) is 0.878. The molecule has 0 aliphatic rings. The van der Waals surface area contributed by atoms with Crippen LogP contribution < -0.4 is 5.43 Å². The summed E-state index contributed by atoms with van der Waals surface area (Å²) in [5.74, 6) is 0. The Kier molecular flexibility index (Phi) is 3.10. The molecule has 0 fully saturated rings. The quantitative estimate of drug-likeness (QED) is 0.549. The van der Waals surface area contributed by atoms with Crippen LogP contribution in [0.15, 0.2) is 0 Å². The zero-order valence-electron chi connectivity index (χ0n) is 5.88. The molecular weight excluding hydrogens is 140 g/mol. The van der Waals surface area contributed by atoms with Gasteiger partial charge in [0.1, 0.15) is 0 Å². The molecule has 0 amide bonds. The van der Waals surface area contributed by atoms with Gasteiger partial charge in [0.05, 0.1) is 6.26 Å². The molecule has 0 atom stereocenters. The summed E-state index contributed by atoms with van der Waals surface area (Å²) in [5, 5.41) is 0. The van der Waals surface area contributed by atoms with E-state index >= 15 is 0 Å². The molecule has 5 heteroatoms. The average molecular weight is 152 g/mol. The summed E-state index contributed by atoms with van der Waals surface area (Å²) in [7, 11) is -1.57. The summed E-state index contributed by atoms with van der Waals surface area (Å²) in [4.78, 5) is 0. The van der Waals surface area contributed by atoms with E-state index in [0.29, 0.717) is 6.54 Å². The second-order valence-corrected chi connectivity index (χ2v) is 3.76. The van der Waals surface area contributed by atoms with E-state index in [-0.39, 0.29) is 0 Å². The normalized spacial score (nSPS) is 12.4. The summed E-state index contributed by atoms with van der Waals surface area (Å²) in [6, 6.07) is 0. The van der Waals surface area contributed by atoms with E-state index in [2.05, 4.69) is 5.43 Å². The third-order valence-corrected chi connectivity index (χ3v) is 2.00. The molecule has 0 aromatic heterocycles. The van der Waals surface area contributed by atoms with Crippen LogP contribution in [0, 0.1) is 0 Å². The largest absolute Gasteiger partial charge is 0.242 e. The fourth-order valence-corrected chi connectivity index (χ4v) is 0.704. The van der Waals surface area contributed by atoms with Crippen LogP contribution in [-0.4, -0.2) is 32.7 Å². The van der Waals surface area contributed by atoms with E-state index in [0.717, 1.165) is 10.7 Å². The van der Waals surface area contributed by atoms with Crippen molar-refractivity contribution in [2.75, 3.05) is 19.8 Å². The van der Waals surface area contributed by atoms with Crippen molar-refractivity contribution in [1.82, 2.24) is 9.84 Å². The number of nitrogens with zero attached hydrogens (tertiary/aromatic N) is 1. The van der Waals surface area contributed by atoms with Gasteiger partial charge in [0, 0.05) is 13.6 Å². The number of nitrogens with one attached hydrogen (secondary N) is 1. The molecule has 0 unspecified atom stereocenters. The first-order valence-electron chi connectivity index (χ1n) is 2.66. The molecule has 0 saturated carbocycles. The lowest BCUT2D eigenvalue weighted by molar-refractivity contribution is 0.381. The Balaban J connectivity index is 3.90. The molecule has 0 radical (unpaired) electrons. The van der Waals surface area contributed by atoms with Crippen LogP contribution in [0.2, 0.25) is 0 Å². The van der Waals surface area contributed by atoms with Crippen molar-refractivity contribution in [2.45, 2.75) is 6.92 Å². The van der Waals surface area contributed by atoms with Crippen molar-refractivity contribution in [3.63, 3.8) is 0 Å². The van der Waals surface area contributed by atoms with Crippen molar-refractivity contribution in [2.24, 2.45) is 0 Å². The minimum Gasteiger partial charge on any atom is -0.242 e. The summed E-state index contributed by atoms with van der Waals surface area (Å²) in [6.45, 7) is 2.45. The Morgan fingerprint density at radius 3 is 2.11 bits per heavy atom. The van der Waals surface area contributed by atoms with E-state index in [1.165, 1.54) is 7.05 Å². The first kappa shape index (κ1) is 8.87. The van der Waals surface area contributed by atoms with Crippen molar-refractivity contribution in [3.05, 3.63) is 0 Å². The van der Waals surface area contributed by atoms with Gasteiger partial charge in [0.2, 0.25) is 10.0 Å². The van der Waals surface area contributed by atoms with E-state index in [4.69, 9.17) is 0 Å². The van der Waals surface area contributed by atoms with Gasteiger partial charge in [0.15, 0.2) is 0 Å². The van der Waals surface area contributed by atoms with Crippen LogP contribution in [-0.2, 0) is 10.0 Å². The Labute approximate surface area is 55.9 Å². The number of hydrazine groups is 1. The van der Waals surface area contributed by atoms with Gasteiger partial charge < -0.3 is 0 Å². The maximum atomic E-state index is 10.6. The second-order valence-electron chi connectivity index (χ2n) is 1.74. The fraction of sp³-hybridized carbons (Fsp3) is 1.00. The average Bonchev–Trinajstić information content (AvgIpc) is 1.64. The molecule has 0 heterocycles. The molecule has 0 saturated heterocycles. The molecule has 0 spiro atoms. The maximum Gasteiger partial charge on any atom is 0.223 e. The van der Waals surface area contributed by atoms with Crippen molar-refractivity contribution >= 4 is 10.0 Å². The van der Waals surface area contributed by atoms with Crippen molar-refractivity contribution in [3.8, 4) is 0 Å². The lowest BCUT2D eigenvalue weighted by atomic mass is 10.8. The fourth-order valence-electron chi connectivity index (χ4n) is 0.340. The Hall–Kier alpha value is -0.130. The van der Waals surface area contributed by atoms with Gasteiger partial charge in [0.25, 0.3) is 0 Å². The maximum absolute atomic E-state index is 10.6. The monoisotopic (exact) mass is 152 g/mol. The summed E-state index contributed by atoms with van der Waals surface area (Å²) >= 11 is 0. The number of hydrogen-bond acceptors (Lipinski definition) is 3. The molecule has 0 bridgehead atoms. The van der Waals surface area contributed by atoms with E-state index < -0.39 is 10.0 Å². The Morgan fingerprint density at radius 2 is 2.00 bits per heavy atom. The van der Waals surface area contributed by atoms with Crippen molar-refractivity contribution < 1.29 is 8.42 Å². The van der Waals surface area contributed by atoms with E-state index in [1.54, 1.807) is 0 Å². The first-order valence-corrected chi connectivity index (χ1v) is 4.50. The van der Waals surface area contributed by atoms with Crippen LogP contribution in [0.4, 0.5) is 0 Å². The zero-order chi connectivity index (χ0) is 7.49. The van der Waals surface area contributed by atoms with E-state index in [9.17, 15) is 8.42 Å². The van der Waals surface area contributed by atoms with Crippen LogP contribution in [0.3, 0.4) is 0 Å². The second kappa shape index (κ2) is 3.14. The highest BCUT2D eigenvalue weighted by molar-refractivity contribution is 7.88. The van der Waals surface area contributed by atoms with Gasteiger partial charge in [-0.15, -0.1) is 4.41 Å². The first-order chi connectivity index (χ1) is 3.98.